The molecular weight excluding hydrogens is 547 g/mol. The van der Waals surface area contributed by atoms with Gasteiger partial charge in [0.2, 0.25) is 10.0 Å². The normalized spacial score (nSPS) is 16.7. The molecule has 0 spiro atoms. The van der Waals surface area contributed by atoms with Crippen LogP contribution in [0.25, 0.3) is 11.1 Å². The highest BCUT2D eigenvalue weighted by Gasteiger charge is 2.33. The number of piperidine rings is 1. The third-order valence-corrected chi connectivity index (χ3v) is 7.80. The third kappa shape index (κ3) is 5.73. The average molecular weight is 576 g/mol. The highest BCUT2D eigenvalue weighted by molar-refractivity contribution is 7.92. The summed E-state index contributed by atoms with van der Waals surface area (Å²) in [7, 11) is -3.66. The molecule has 8 nitrogen and oxygen atoms in total. The summed E-state index contributed by atoms with van der Waals surface area (Å²) in [6, 6.07) is 13.0. The van der Waals surface area contributed by atoms with Crippen LogP contribution in [0.3, 0.4) is 0 Å². The number of halogens is 3. The maximum absolute atomic E-state index is 13.6. The summed E-state index contributed by atoms with van der Waals surface area (Å²) in [6.45, 7) is 1.13. The molecule has 40 heavy (non-hydrogen) atoms. The van der Waals surface area contributed by atoms with Gasteiger partial charge in [-0.3, -0.25) is 9.52 Å². The van der Waals surface area contributed by atoms with Crippen LogP contribution in [-0.4, -0.2) is 56.5 Å². The summed E-state index contributed by atoms with van der Waals surface area (Å²) in [5.74, 6) is -0.597. The first-order valence-corrected chi connectivity index (χ1v) is 14.6. The number of hydrogen-bond donors (Lipinski definition) is 3. The summed E-state index contributed by atoms with van der Waals surface area (Å²) in [4.78, 5) is 16.8. The Labute approximate surface area is 229 Å². The van der Waals surface area contributed by atoms with Gasteiger partial charge in [0, 0.05) is 42.1 Å². The van der Waals surface area contributed by atoms with Crippen LogP contribution in [0.4, 0.5) is 30.2 Å². The molecular formula is C28H28F3N3O5S. The van der Waals surface area contributed by atoms with Crippen molar-refractivity contribution >= 4 is 33.0 Å². The molecule has 5 rings (SSSR count). The number of nitrogens with zero attached hydrogens (tertiary/aromatic N) is 2. The van der Waals surface area contributed by atoms with Crippen LogP contribution in [0.15, 0.2) is 54.6 Å². The number of carbonyl (C=O) groups is 1. The number of aromatic hydroxyl groups is 1. The molecule has 0 unspecified atom stereocenters. The molecule has 2 aliphatic heterocycles. The Morgan fingerprint density at radius 3 is 2.33 bits per heavy atom. The van der Waals surface area contributed by atoms with E-state index in [4.69, 9.17) is 0 Å². The maximum atomic E-state index is 13.6. The van der Waals surface area contributed by atoms with Crippen LogP contribution >= 0.6 is 0 Å². The lowest BCUT2D eigenvalue weighted by atomic mass is 9.92. The predicted molar refractivity (Wildman–Crippen MR) is 146 cm³/mol. The van der Waals surface area contributed by atoms with E-state index in [1.54, 1.807) is 12.1 Å². The summed E-state index contributed by atoms with van der Waals surface area (Å²) >= 11 is 0. The Bertz CT molecular complexity index is 1570. The number of hydrogen-bond acceptors (Lipinski definition) is 6. The van der Waals surface area contributed by atoms with E-state index in [1.807, 2.05) is 11.0 Å². The number of amides is 1. The predicted octanol–water partition coefficient (Wildman–Crippen LogP) is 4.61. The van der Waals surface area contributed by atoms with E-state index in [0.717, 1.165) is 24.0 Å². The number of aliphatic hydroxyl groups is 1. The van der Waals surface area contributed by atoms with Crippen LogP contribution in [0.1, 0.15) is 34.3 Å². The molecule has 12 heteroatoms. The monoisotopic (exact) mass is 575 g/mol. The highest BCUT2D eigenvalue weighted by Crippen LogP contribution is 2.40. The lowest BCUT2D eigenvalue weighted by Gasteiger charge is -2.34. The lowest BCUT2D eigenvalue weighted by molar-refractivity contribution is -0.137. The molecule has 2 aliphatic rings. The van der Waals surface area contributed by atoms with Gasteiger partial charge >= 0.3 is 6.18 Å². The third-order valence-electron chi connectivity index (χ3n) is 7.21. The summed E-state index contributed by atoms with van der Waals surface area (Å²) in [5, 5.41) is 19.9. The largest absolute Gasteiger partial charge is 0.506 e. The number of phenolic OH excluding ortho intramolecular Hbond substituents is 1. The van der Waals surface area contributed by atoms with Gasteiger partial charge in [0.25, 0.3) is 5.91 Å². The fraction of sp³-hybridized carbons (Fsp3) is 0.321. The van der Waals surface area contributed by atoms with Gasteiger partial charge in [0.1, 0.15) is 5.75 Å². The molecule has 3 aromatic carbocycles. The fourth-order valence-corrected chi connectivity index (χ4v) is 5.76. The molecule has 1 amide bonds. The molecule has 0 radical (unpaired) electrons. The number of alkyl halides is 3. The van der Waals surface area contributed by atoms with E-state index in [0.29, 0.717) is 60.4 Å². The SMILES string of the molecule is CS(=O)(=O)Nc1cc(N2CCc3cc(-c4ccc(C(F)(F)F)cc4N4CCC(O)CC4)ccc3C2=O)ccc1O. The smallest absolute Gasteiger partial charge is 0.416 e. The van der Waals surface area contributed by atoms with Gasteiger partial charge in [-0.15, -0.1) is 0 Å². The molecule has 0 atom stereocenters. The second-order valence-electron chi connectivity index (χ2n) is 10.1. The van der Waals surface area contributed by atoms with Crippen molar-refractivity contribution in [2.75, 3.05) is 40.4 Å². The molecule has 2 heterocycles. The number of anilines is 3. The zero-order valence-corrected chi connectivity index (χ0v) is 22.4. The van der Waals surface area contributed by atoms with Crippen molar-refractivity contribution in [3.8, 4) is 16.9 Å². The van der Waals surface area contributed by atoms with Gasteiger partial charge in [-0.05, 0) is 66.8 Å². The quantitative estimate of drug-likeness (QED) is 0.384. The van der Waals surface area contributed by atoms with Crippen LogP contribution in [0.5, 0.6) is 5.75 Å². The number of carbonyl (C=O) groups excluding carboxylic acids is 1. The maximum Gasteiger partial charge on any atom is 0.416 e. The van der Waals surface area contributed by atoms with Crippen LogP contribution in [-0.2, 0) is 22.6 Å². The number of phenols is 1. The summed E-state index contributed by atoms with van der Waals surface area (Å²) < 4.78 is 66.2. The Kier molecular flexibility index (Phi) is 7.17. The van der Waals surface area contributed by atoms with E-state index in [-0.39, 0.29) is 23.9 Å². The van der Waals surface area contributed by atoms with Crippen molar-refractivity contribution < 1.29 is 36.6 Å². The van der Waals surface area contributed by atoms with Gasteiger partial charge in [0.05, 0.1) is 23.6 Å². The van der Waals surface area contributed by atoms with Crippen molar-refractivity contribution in [2.45, 2.75) is 31.5 Å². The van der Waals surface area contributed by atoms with Crippen molar-refractivity contribution in [3.05, 3.63) is 71.3 Å². The van der Waals surface area contributed by atoms with E-state index < -0.39 is 27.9 Å². The molecule has 0 aromatic heterocycles. The van der Waals surface area contributed by atoms with Crippen molar-refractivity contribution in [1.82, 2.24) is 0 Å². The first-order chi connectivity index (χ1) is 18.8. The van der Waals surface area contributed by atoms with Gasteiger partial charge in [-0.25, -0.2) is 8.42 Å². The molecule has 0 bridgehead atoms. The Morgan fingerprint density at radius 1 is 0.950 bits per heavy atom. The number of sulfonamides is 1. The molecule has 3 N–H and O–H groups in total. The molecule has 1 saturated heterocycles. The van der Waals surface area contributed by atoms with Gasteiger partial charge in [0.15, 0.2) is 0 Å². The Morgan fingerprint density at radius 2 is 1.65 bits per heavy atom. The first-order valence-electron chi connectivity index (χ1n) is 12.7. The molecule has 1 fully saturated rings. The van der Waals surface area contributed by atoms with Gasteiger partial charge in [-0.1, -0.05) is 18.2 Å². The molecule has 3 aromatic rings. The second kappa shape index (κ2) is 10.3. The standard InChI is InChI=1S/C28H28F3N3O5S/c1-40(38,39)32-24-16-20(4-7-26(24)36)34-13-8-18-14-17(2-5-23(18)27(34)37)22-6-3-19(28(29,30)31)15-25(22)33-11-9-21(35)10-12-33/h2-7,14-16,21,32,35-36H,8-13H2,1H3. The zero-order valence-electron chi connectivity index (χ0n) is 21.6. The van der Waals surface area contributed by atoms with Crippen LogP contribution in [0.2, 0.25) is 0 Å². The van der Waals surface area contributed by atoms with Crippen LogP contribution < -0.4 is 14.5 Å². The average Bonchev–Trinajstić information content (AvgIpc) is 2.89. The minimum absolute atomic E-state index is 0.0472. The molecule has 212 valence electrons. The highest BCUT2D eigenvalue weighted by atomic mass is 32.2. The fourth-order valence-electron chi connectivity index (χ4n) is 5.20. The van der Waals surface area contributed by atoms with Crippen molar-refractivity contribution in [2.24, 2.45) is 0 Å². The summed E-state index contributed by atoms with van der Waals surface area (Å²) in [6.07, 6.45) is -2.65. The minimum Gasteiger partial charge on any atom is -0.506 e. The van der Waals surface area contributed by atoms with Crippen molar-refractivity contribution in [3.63, 3.8) is 0 Å². The number of benzene rings is 3. The minimum atomic E-state index is -4.50. The van der Waals surface area contributed by atoms with Crippen molar-refractivity contribution in [1.29, 1.82) is 0 Å². The zero-order chi connectivity index (χ0) is 28.8. The van der Waals surface area contributed by atoms with Gasteiger partial charge < -0.3 is 20.0 Å². The van der Waals surface area contributed by atoms with E-state index >= 15 is 0 Å². The molecule has 0 saturated carbocycles. The topological polar surface area (TPSA) is 110 Å². The first kappa shape index (κ1) is 27.8. The Balaban J connectivity index is 1.48. The van der Waals surface area contributed by atoms with E-state index in [2.05, 4.69) is 4.72 Å². The molecule has 0 aliphatic carbocycles. The second-order valence-corrected chi connectivity index (χ2v) is 11.9. The lowest BCUT2D eigenvalue weighted by Crippen LogP contribution is -2.37. The van der Waals surface area contributed by atoms with E-state index in [9.17, 15) is 36.6 Å². The Hall–Kier alpha value is -3.77. The number of nitrogens with one attached hydrogen (secondary N) is 1. The van der Waals surface area contributed by atoms with E-state index in [1.165, 1.54) is 29.2 Å². The summed E-state index contributed by atoms with van der Waals surface area (Å²) in [5.41, 5.74) is 2.49. The van der Waals surface area contributed by atoms with Crippen LogP contribution in [0, 0.1) is 0 Å². The number of rotatable bonds is 5. The number of aliphatic hydroxyl groups excluding tert-OH is 1. The number of fused-ring (bicyclic) bond motifs is 1. The van der Waals surface area contributed by atoms with Gasteiger partial charge in [-0.2, -0.15) is 13.2 Å².